The summed E-state index contributed by atoms with van der Waals surface area (Å²) in [5.74, 6) is -0.292. The van der Waals surface area contributed by atoms with Gasteiger partial charge in [-0.3, -0.25) is 5.10 Å². The van der Waals surface area contributed by atoms with Gasteiger partial charge in [0.1, 0.15) is 17.0 Å². The van der Waals surface area contributed by atoms with E-state index in [-0.39, 0.29) is 5.82 Å². The topological polar surface area (TPSA) is 69.4 Å². The molecule has 0 fully saturated rings. The minimum atomic E-state index is -0.292. The van der Waals surface area contributed by atoms with Crippen LogP contribution in [0.4, 0.5) is 4.39 Å². The van der Waals surface area contributed by atoms with E-state index in [1.807, 2.05) is 74.5 Å². The average molecular weight is 568 g/mol. The summed E-state index contributed by atoms with van der Waals surface area (Å²) < 4.78 is 14.1. The molecule has 3 aromatic heterocycles. The van der Waals surface area contributed by atoms with Crippen LogP contribution in [-0.2, 0) is 6.42 Å². The Morgan fingerprint density at radius 3 is 2.56 bits per heavy atom. The zero-order valence-electron chi connectivity index (χ0n) is 24.4. The SMILES string of the molecule is C=C/C=C(/c1cccc(F)c1)c1cc(-c2n[nH]c3ccc(C(/C=C(\C=C)NC(=C)Cc4ccccc4)=C/C)nc23)[nH]c1C. The van der Waals surface area contributed by atoms with E-state index in [1.165, 1.54) is 17.7 Å². The first-order chi connectivity index (χ1) is 20.9. The quantitative estimate of drug-likeness (QED) is 0.140. The Kier molecular flexibility index (Phi) is 8.77. The van der Waals surface area contributed by atoms with Crippen LogP contribution in [0, 0.1) is 12.7 Å². The summed E-state index contributed by atoms with van der Waals surface area (Å²) in [7, 11) is 0. The van der Waals surface area contributed by atoms with E-state index in [0.29, 0.717) is 12.1 Å². The van der Waals surface area contributed by atoms with Crippen LogP contribution < -0.4 is 5.32 Å². The first-order valence-electron chi connectivity index (χ1n) is 14.0. The second-order valence-corrected chi connectivity index (χ2v) is 10.2. The van der Waals surface area contributed by atoms with Crippen molar-refractivity contribution < 1.29 is 4.39 Å². The molecule has 0 saturated heterocycles. The molecule has 0 aliphatic rings. The summed E-state index contributed by atoms with van der Waals surface area (Å²) in [4.78, 5) is 8.47. The minimum Gasteiger partial charge on any atom is -0.359 e. The molecule has 5 aromatic rings. The predicted molar refractivity (Wildman–Crippen MR) is 176 cm³/mol. The Morgan fingerprint density at radius 1 is 1.02 bits per heavy atom. The van der Waals surface area contributed by atoms with Gasteiger partial charge in [0.05, 0.1) is 16.9 Å². The molecule has 6 heteroatoms. The van der Waals surface area contributed by atoms with Gasteiger partial charge in [0.2, 0.25) is 0 Å². The Balaban J connectivity index is 1.46. The van der Waals surface area contributed by atoms with Gasteiger partial charge in [-0.25, -0.2) is 9.37 Å². The van der Waals surface area contributed by atoms with Gasteiger partial charge in [0.25, 0.3) is 0 Å². The normalized spacial score (nSPS) is 12.4. The zero-order valence-corrected chi connectivity index (χ0v) is 24.4. The smallest absolute Gasteiger partial charge is 0.135 e. The molecule has 0 unspecified atom stereocenters. The molecule has 3 heterocycles. The van der Waals surface area contributed by atoms with Crippen molar-refractivity contribution in [3.63, 3.8) is 0 Å². The third kappa shape index (κ3) is 6.54. The minimum absolute atomic E-state index is 0.292. The fourth-order valence-electron chi connectivity index (χ4n) is 5.04. The molecule has 5 rings (SSSR count). The van der Waals surface area contributed by atoms with Gasteiger partial charge < -0.3 is 10.3 Å². The zero-order chi connectivity index (χ0) is 30.3. The lowest BCUT2D eigenvalue weighted by molar-refractivity contribution is 0.627. The number of aromatic nitrogens is 4. The molecule has 0 aliphatic heterocycles. The fraction of sp³-hybridized carbons (Fsp3) is 0.0811. The van der Waals surface area contributed by atoms with E-state index in [2.05, 4.69) is 52.4 Å². The van der Waals surface area contributed by atoms with Crippen LogP contribution in [0.1, 0.15) is 35.0 Å². The molecule has 2 aromatic carbocycles. The Labute approximate surface area is 251 Å². The highest BCUT2D eigenvalue weighted by molar-refractivity contribution is 5.92. The number of H-pyrrole nitrogens is 2. The van der Waals surface area contributed by atoms with Crippen LogP contribution in [0.5, 0.6) is 0 Å². The molecule has 0 atom stereocenters. The van der Waals surface area contributed by atoms with Crippen molar-refractivity contribution in [2.24, 2.45) is 0 Å². The van der Waals surface area contributed by atoms with Gasteiger partial charge in [-0.05, 0) is 78.6 Å². The van der Waals surface area contributed by atoms with E-state index in [4.69, 9.17) is 4.98 Å². The lowest BCUT2D eigenvalue weighted by Gasteiger charge is -2.12. The monoisotopic (exact) mass is 567 g/mol. The maximum atomic E-state index is 14.1. The number of hydrogen-bond acceptors (Lipinski definition) is 3. The lowest BCUT2D eigenvalue weighted by atomic mass is 9.97. The number of aryl methyl sites for hydroxylation is 1. The molecule has 214 valence electrons. The van der Waals surface area contributed by atoms with Crippen LogP contribution in [-0.4, -0.2) is 20.2 Å². The van der Waals surface area contributed by atoms with Gasteiger partial charge >= 0.3 is 0 Å². The Hall–Kier alpha value is -5.49. The summed E-state index contributed by atoms with van der Waals surface area (Å²) in [5, 5.41) is 11.1. The van der Waals surface area contributed by atoms with E-state index >= 15 is 0 Å². The first kappa shape index (κ1) is 29.0. The third-order valence-electron chi connectivity index (χ3n) is 7.11. The molecule has 0 spiro atoms. The van der Waals surface area contributed by atoms with Gasteiger partial charge in [-0.2, -0.15) is 5.10 Å². The lowest BCUT2D eigenvalue weighted by Crippen LogP contribution is -2.12. The van der Waals surface area contributed by atoms with Gasteiger partial charge in [0.15, 0.2) is 0 Å². The molecule has 0 amide bonds. The first-order valence-corrected chi connectivity index (χ1v) is 14.0. The number of rotatable bonds is 11. The average Bonchev–Trinajstić information content (AvgIpc) is 3.61. The number of benzene rings is 2. The van der Waals surface area contributed by atoms with Crippen molar-refractivity contribution in [2.45, 2.75) is 20.3 Å². The number of pyridine rings is 1. The highest BCUT2D eigenvalue weighted by Gasteiger charge is 2.18. The van der Waals surface area contributed by atoms with Crippen LogP contribution in [0.3, 0.4) is 0 Å². The van der Waals surface area contributed by atoms with Crippen LogP contribution in [0.25, 0.3) is 33.6 Å². The van der Waals surface area contributed by atoms with Crippen molar-refractivity contribution >= 4 is 22.2 Å². The van der Waals surface area contributed by atoms with Gasteiger partial charge in [0, 0.05) is 29.1 Å². The maximum Gasteiger partial charge on any atom is 0.135 e. The molecule has 0 aliphatic carbocycles. The second kappa shape index (κ2) is 13.0. The summed E-state index contributed by atoms with van der Waals surface area (Å²) in [5.41, 5.74) is 11.1. The number of halogens is 1. The molecule has 43 heavy (non-hydrogen) atoms. The number of fused-ring (bicyclic) bond motifs is 1. The third-order valence-corrected chi connectivity index (χ3v) is 7.11. The van der Waals surface area contributed by atoms with Crippen LogP contribution in [0.2, 0.25) is 0 Å². The van der Waals surface area contributed by atoms with E-state index in [9.17, 15) is 4.39 Å². The van der Waals surface area contributed by atoms with Crippen molar-refractivity contribution in [2.75, 3.05) is 0 Å². The molecule has 0 radical (unpaired) electrons. The number of nitrogens with one attached hydrogen (secondary N) is 3. The number of hydrogen-bond donors (Lipinski definition) is 3. The summed E-state index contributed by atoms with van der Waals surface area (Å²) >= 11 is 0. The van der Waals surface area contributed by atoms with Crippen molar-refractivity contribution in [3.8, 4) is 11.4 Å². The van der Waals surface area contributed by atoms with Gasteiger partial charge in [-0.1, -0.05) is 80.4 Å². The largest absolute Gasteiger partial charge is 0.359 e. The van der Waals surface area contributed by atoms with Crippen molar-refractivity contribution in [3.05, 3.63) is 168 Å². The highest BCUT2D eigenvalue weighted by atomic mass is 19.1. The highest BCUT2D eigenvalue weighted by Crippen LogP contribution is 2.33. The van der Waals surface area contributed by atoms with Crippen molar-refractivity contribution in [1.29, 1.82) is 0 Å². The maximum absolute atomic E-state index is 14.1. The molecule has 0 saturated carbocycles. The number of nitrogens with zero attached hydrogens (tertiary/aromatic N) is 2. The van der Waals surface area contributed by atoms with E-state index in [0.717, 1.165) is 61.8 Å². The molecule has 0 bridgehead atoms. The fourth-order valence-corrected chi connectivity index (χ4v) is 5.04. The number of aromatic amines is 2. The standard InChI is InChI=1S/C37H34FN5/c1-6-13-31(28-16-12-17-29(38)21-28)32-23-35(40-25(32)5)37-36-34(42-43-37)19-18-33(41-36)27(7-2)22-30(8-3)39-24(4)20-26-14-10-9-11-15-26/h6-19,21-23,39-40H,1,3-4,20H2,2,5H3,(H,42,43)/b27-7+,30-22+,31-13-. The molecule has 3 N–H and O–H groups in total. The molecular weight excluding hydrogens is 533 g/mol. The van der Waals surface area contributed by atoms with Gasteiger partial charge in [-0.15, -0.1) is 0 Å². The number of allylic oxidation sites excluding steroid dienone is 7. The van der Waals surface area contributed by atoms with E-state index in [1.54, 1.807) is 18.2 Å². The molecule has 5 nitrogen and oxygen atoms in total. The predicted octanol–water partition coefficient (Wildman–Crippen LogP) is 8.84. The van der Waals surface area contributed by atoms with Crippen LogP contribution >= 0.6 is 0 Å². The van der Waals surface area contributed by atoms with Crippen LogP contribution in [0.15, 0.2) is 134 Å². The second-order valence-electron chi connectivity index (χ2n) is 10.2. The Morgan fingerprint density at radius 2 is 1.84 bits per heavy atom. The summed E-state index contributed by atoms with van der Waals surface area (Å²) in [6.45, 7) is 16.0. The van der Waals surface area contributed by atoms with Crippen molar-refractivity contribution in [1.82, 2.24) is 25.5 Å². The summed E-state index contributed by atoms with van der Waals surface area (Å²) in [6.07, 6.45) is 10.1. The Bertz CT molecular complexity index is 1900. The van der Waals surface area contributed by atoms with E-state index < -0.39 is 0 Å². The molecular formula is C37H34FN5. The summed E-state index contributed by atoms with van der Waals surface area (Å²) in [6, 6.07) is 22.7.